The minimum Gasteiger partial charge on any atom is -0.444 e. The van der Waals surface area contributed by atoms with Gasteiger partial charge in [-0.05, 0) is 41.5 Å². The summed E-state index contributed by atoms with van der Waals surface area (Å²) in [6, 6.07) is 0. The van der Waals surface area contributed by atoms with Gasteiger partial charge in [0.2, 0.25) is 0 Å². The Morgan fingerprint density at radius 1 is 0.567 bits per heavy atom. The van der Waals surface area contributed by atoms with Crippen LogP contribution in [0.25, 0.3) is 0 Å². The second-order valence-corrected chi connectivity index (χ2v) is 7.90. The molecule has 0 rings (SSSR count). The molecule has 0 unspecified atom stereocenters. The van der Waals surface area contributed by atoms with Crippen molar-refractivity contribution in [1.29, 1.82) is 0 Å². The van der Waals surface area contributed by atoms with E-state index in [2.05, 4.69) is 20.1 Å². The summed E-state index contributed by atoms with van der Waals surface area (Å²) in [5.74, 6) is -4.22. The summed E-state index contributed by atoms with van der Waals surface area (Å²) < 4.78 is 18.6. The lowest BCUT2D eigenvalue weighted by molar-refractivity contribution is -0.164. The van der Waals surface area contributed by atoms with Crippen molar-refractivity contribution in [2.75, 3.05) is 13.1 Å². The highest BCUT2D eigenvalue weighted by atomic mass is 16.6. The number of hydrogen-bond donors (Lipinski definition) is 2. The monoisotopic (exact) mass is 432 g/mol. The molecule has 30 heavy (non-hydrogen) atoms. The second kappa shape index (κ2) is 11.7. The number of carbonyl (C=O) groups is 6. The van der Waals surface area contributed by atoms with Crippen LogP contribution in [0.5, 0.6) is 0 Å². The predicted octanol–water partition coefficient (Wildman–Crippen LogP) is 0.956. The molecule has 12 nitrogen and oxygen atoms in total. The Morgan fingerprint density at radius 2 is 0.867 bits per heavy atom. The van der Waals surface area contributed by atoms with Crippen molar-refractivity contribution in [2.24, 2.45) is 0 Å². The average Bonchev–Trinajstić information content (AvgIpc) is 2.53. The van der Waals surface area contributed by atoms with Gasteiger partial charge in [0, 0.05) is 0 Å². The summed E-state index contributed by atoms with van der Waals surface area (Å²) in [7, 11) is 0. The topological polar surface area (TPSA) is 163 Å². The van der Waals surface area contributed by atoms with E-state index in [1.807, 2.05) is 0 Å². The Bertz CT molecular complexity index is 615. The van der Waals surface area contributed by atoms with Gasteiger partial charge in [-0.1, -0.05) is 0 Å². The van der Waals surface area contributed by atoms with Crippen LogP contribution in [0.1, 0.15) is 54.4 Å². The van der Waals surface area contributed by atoms with Crippen molar-refractivity contribution >= 4 is 36.1 Å². The van der Waals surface area contributed by atoms with Crippen molar-refractivity contribution in [1.82, 2.24) is 10.6 Å². The molecule has 0 aromatic heterocycles. The normalized spacial score (nSPS) is 11.0. The van der Waals surface area contributed by atoms with Crippen LogP contribution in [0, 0.1) is 0 Å². The van der Waals surface area contributed by atoms with Crippen molar-refractivity contribution in [3.8, 4) is 0 Å². The standard InChI is InChI=1S/C18H28N2O10/c1-17(2,3)29-15(25)19-9-13(23)27-11(21)7-8-12(22)28-14(24)10-20-16(26)30-18(4,5)6/h7-10H2,1-6H3,(H,19,25)(H,20,26). The quantitative estimate of drug-likeness (QED) is 0.336. The lowest BCUT2D eigenvalue weighted by Gasteiger charge is -2.19. The molecule has 0 aromatic carbocycles. The van der Waals surface area contributed by atoms with E-state index in [1.54, 1.807) is 41.5 Å². The maximum absolute atomic E-state index is 11.5. The Hall–Kier alpha value is -3.18. The first-order valence-electron chi connectivity index (χ1n) is 8.98. The van der Waals surface area contributed by atoms with Gasteiger partial charge < -0.3 is 29.6 Å². The number of ether oxygens (including phenoxy) is 4. The predicted molar refractivity (Wildman–Crippen MR) is 99.9 cm³/mol. The first-order chi connectivity index (χ1) is 13.6. The minimum absolute atomic E-state index is 0.538. The highest BCUT2D eigenvalue weighted by Gasteiger charge is 2.20. The smallest absolute Gasteiger partial charge is 0.408 e. The average molecular weight is 432 g/mol. The Balaban J connectivity index is 4.08. The lowest BCUT2D eigenvalue weighted by Crippen LogP contribution is -2.36. The maximum Gasteiger partial charge on any atom is 0.408 e. The van der Waals surface area contributed by atoms with Crippen LogP contribution in [-0.2, 0) is 38.1 Å². The second-order valence-electron chi connectivity index (χ2n) is 7.90. The first kappa shape index (κ1) is 26.8. The van der Waals surface area contributed by atoms with E-state index in [0.29, 0.717) is 0 Å². The molecule has 0 radical (unpaired) electrons. The molecule has 170 valence electrons. The molecule has 0 aliphatic rings. The molecule has 0 bridgehead atoms. The Morgan fingerprint density at radius 3 is 1.13 bits per heavy atom. The van der Waals surface area contributed by atoms with E-state index in [1.165, 1.54) is 0 Å². The minimum atomic E-state index is -1.06. The van der Waals surface area contributed by atoms with Crippen molar-refractivity contribution in [3.05, 3.63) is 0 Å². The first-order valence-corrected chi connectivity index (χ1v) is 8.98. The van der Waals surface area contributed by atoms with E-state index < -0.39 is 73.2 Å². The van der Waals surface area contributed by atoms with Crippen molar-refractivity contribution in [3.63, 3.8) is 0 Å². The van der Waals surface area contributed by atoms with E-state index in [0.717, 1.165) is 0 Å². The van der Waals surface area contributed by atoms with E-state index in [9.17, 15) is 28.8 Å². The number of hydrogen-bond acceptors (Lipinski definition) is 10. The van der Waals surface area contributed by atoms with E-state index in [4.69, 9.17) is 9.47 Å². The molecule has 12 heteroatoms. The zero-order valence-electron chi connectivity index (χ0n) is 17.9. The molecule has 0 atom stereocenters. The lowest BCUT2D eigenvalue weighted by atomic mass is 10.2. The number of amides is 2. The number of rotatable bonds is 7. The highest BCUT2D eigenvalue weighted by molar-refractivity contribution is 5.91. The van der Waals surface area contributed by atoms with Crippen LogP contribution in [0.15, 0.2) is 0 Å². The zero-order valence-corrected chi connectivity index (χ0v) is 17.9. The van der Waals surface area contributed by atoms with Crippen LogP contribution in [0.2, 0.25) is 0 Å². The van der Waals surface area contributed by atoms with Gasteiger partial charge in [0.25, 0.3) is 0 Å². The molecule has 2 N–H and O–H groups in total. The molecule has 0 spiro atoms. The summed E-state index contributed by atoms with van der Waals surface area (Å²) in [6.45, 7) is 8.56. The maximum atomic E-state index is 11.5. The zero-order chi connectivity index (χ0) is 23.5. The van der Waals surface area contributed by atoms with Gasteiger partial charge in [-0.2, -0.15) is 0 Å². The highest BCUT2D eigenvalue weighted by Crippen LogP contribution is 2.07. The van der Waals surface area contributed by atoms with Crippen LogP contribution in [-0.4, -0.2) is 60.4 Å². The van der Waals surface area contributed by atoms with E-state index >= 15 is 0 Å². The largest absolute Gasteiger partial charge is 0.444 e. The van der Waals surface area contributed by atoms with Gasteiger partial charge in [0.1, 0.15) is 24.3 Å². The molecule has 0 saturated carbocycles. The van der Waals surface area contributed by atoms with Gasteiger partial charge in [0.15, 0.2) is 0 Å². The summed E-state index contributed by atoms with van der Waals surface area (Å²) in [6.07, 6.45) is -2.81. The molecule has 0 aliphatic heterocycles. The molecule has 0 saturated heterocycles. The molecule has 0 fully saturated rings. The molecule has 0 aliphatic carbocycles. The van der Waals surface area contributed by atoms with Crippen molar-refractivity contribution in [2.45, 2.75) is 65.6 Å². The summed E-state index contributed by atoms with van der Waals surface area (Å²) in [4.78, 5) is 68.7. The third-order valence-electron chi connectivity index (χ3n) is 2.54. The molecule has 2 amide bonds. The fourth-order valence-corrected chi connectivity index (χ4v) is 1.55. The van der Waals surface area contributed by atoms with Gasteiger partial charge in [-0.15, -0.1) is 0 Å². The number of esters is 4. The fraction of sp³-hybridized carbons (Fsp3) is 0.667. The molecular weight excluding hydrogens is 404 g/mol. The van der Waals surface area contributed by atoms with Gasteiger partial charge in [-0.3, -0.25) is 9.59 Å². The Kier molecular flexibility index (Phi) is 10.5. The van der Waals surface area contributed by atoms with Crippen molar-refractivity contribution < 1.29 is 47.7 Å². The summed E-state index contributed by atoms with van der Waals surface area (Å²) in [5, 5.41) is 4.21. The van der Waals surface area contributed by atoms with Crippen LogP contribution < -0.4 is 10.6 Å². The van der Waals surface area contributed by atoms with Gasteiger partial charge >= 0.3 is 36.1 Å². The Labute approximate surface area is 173 Å². The molecule has 0 aromatic rings. The van der Waals surface area contributed by atoms with E-state index in [-0.39, 0.29) is 0 Å². The number of nitrogens with one attached hydrogen (secondary N) is 2. The van der Waals surface area contributed by atoms with Crippen LogP contribution in [0.3, 0.4) is 0 Å². The SMILES string of the molecule is CC(C)(C)OC(=O)NCC(=O)OC(=O)CCC(=O)OC(=O)CNC(=O)OC(C)(C)C. The summed E-state index contributed by atoms with van der Waals surface area (Å²) >= 11 is 0. The van der Waals surface area contributed by atoms with Crippen LogP contribution in [0.4, 0.5) is 9.59 Å². The van der Waals surface area contributed by atoms with Crippen LogP contribution >= 0.6 is 0 Å². The third kappa shape index (κ3) is 15.8. The van der Waals surface area contributed by atoms with Gasteiger partial charge in [-0.25, -0.2) is 19.2 Å². The number of alkyl carbamates (subject to hydrolysis) is 2. The third-order valence-corrected chi connectivity index (χ3v) is 2.54. The van der Waals surface area contributed by atoms with Gasteiger partial charge in [0.05, 0.1) is 12.8 Å². The fourth-order valence-electron chi connectivity index (χ4n) is 1.55. The number of carbonyl (C=O) groups excluding carboxylic acids is 6. The summed E-state index contributed by atoms with van der Waals surface area (Å²) in [5.41, 5.74) is -1.52. The molecular formula is C18H28N2O10. The molecule has 0 heterocycles.